The van der Waals surface area contributed by atoms with E-state index in [1.165, 1.54) is 6.34 Å². The van der Waals surface area contributed by atoms with E-state index < -0.39 is 0 Å². The van der Waals surface area contributed by atoms with Crippen molar-refractivity contribution in [2.24, 2.45) is 9.98 Å². The van der Waals surface area contributed by atoms with Gasteiger partial charge in [0.05, 0.1) is 0 Å². The van der Waals surface area contributed by atoms with Gasteiger partial charge in [0.2, 0.25) is 0 Å². The lowest BCUT2D eigenvalue weighted by molar-refractivity contribution is 1.45. The summed E-state index contributed by atoms with van der Waals surface area (Å²) in [4.78, 5) is 7.67. The van der Waals surface area contributed by atoms with Crippen molar-refractivity contribution in [1.82, 2.24) is 0 Å². The third-order valence-corrected chi connectivity index (χ3v) is 1.21. The highest BCUT2D eigenvalue weighted by molar-refractivity contribution is 5.85. The van der Waals surface area contributed by atoms with Crippen molar-refractivity contribution in [2.75, 3.05) is 7.05 Å². The molecule has 0 aliphatic rings. The van der Waals surface area contributed by atoms with E-state index in [0.29, 0.717) is 0 Å². The summed E-state index contributed by atoms with van der Waals surface area (Å²) in [6.45, 7) is 0. The number of nitrogens with zero attached hydrogens (tertiary/aromatic N) is 2. The van der Waals surface area contributed by atoms with Gasteiger partial charge < -0.3 is 0 Å². The van der Waals surface area contributed by atoms with E-state index >= 15 is 0 Å². The van der Waals surface area contributed by atoms with E-state index in [4.69, 9.17) is 0 Å². The highest BCUT2D eigenvalue weighted by Crippen LogP contribution is 1.92. The number of rotatable bonds is 2. The minimum atomic E-state index is 1.09. The zero-order valence-electron chi connectivity index (χ0n) is 6.44. The van der Waals surface area contributed by atoms with Gasteiger partial charge in [-0.3, -0.25) is 4.99 Å². The fourth-order valence-electron chi connectivity index (χ4n) is 0.725. The van der Waals surface area contributed by atoms with Gasteiger partial charge in [-0.25, -0.2) is 4.99 Å². The molecule has 0 fully saturated rings. The van der Waals surface area contributed by atoms with Gasteiger partial charge in [-0.05, 0) is 5.56 Å². The largest absolute Gasteiger partial charge is 0.277 e. The first-order valence-electron chi connectivity index (χ1n) is 3.42. The average Bonchev–Trinajstić information content (AvgIpc) is 2.07. The van der Waals surface area contributed by atoms with E-state index in [1.54, 1.807) is 13.3 Å². The van der Waals surface area contributed by atoms with Crippen molar-refractivity contribution < 1.29 is 0 Å². The van der Waals surface area contributed by atoms with E-state index in [-0.39, 0.29) is 0 Å². The lowest BCUT2D eigenvalue weighted by Gasteiger charge is -1.86. The molecule has 56 valence electrons. The van der Waals surface area contributed by atoms with Crippen LogP contribution >= 0.6 is 0 Å². The molecule has 0 atom stereocenters. The van der Waals surface area contributed by atoms with Gasteiger partial charge in [-0.2, -0.15) is 0 Å². The first kappa shape index (κ1) is 7.66. The molecule has 0 saturated heterocycles. The summed E-state index contributed by atoms with van der Waals surface area (Å²) in [7, 11) is 1.70. The zero-order chi connectivity index (χ0) is 7.94. The van der Waals surface area contributed by atoms with Gasteiger partial charge in [-0.1, -0.05) is 30.3 Å². The minimum Gasteiger partial charge on any atom is -0.277 e. The van der Waals surface area contributed by atoms with Crippen LogP contribution in [0.5, 0.6) is 0 Å². The number of aliphatic imine (C=N–C) groups is 2. The van der Waals surface area contributed by atoms with Crippen LogP contribution in [0, 0.1) is 0 Å². The molecule has 2 heteroatoms. The summed E-state index contributed by atoms with van der Waals surface area (Å²) >= 11 is 0. The summed E-state index contributed by atoms with van der Waals surface area (Å²) in [5, 5.41) is 0. The summed E-state index contributed by atoms with van der Waals surface area (Å²) in [6, 6.07) is 9.92. The smallest absolute Gasteiger partial charge is 0.109 e. The Morgan fingerprint density at radius 1 is 1.18 bits per heavy atom. The van der Waals surface area contributed by atoms with Crippen LogP contribution in [-0.4, -0.2) is 19.6 Å². The van der Waals surface area contributed by atoms with Crippen LogP contribution in [0.1, 0.15) is 5.56 Å². The van der Waals surface area contributed by atoms with Crippen molar-refractivity contribution in [2.45, 2.75) is 0 Å². The summed E-state index contributed by atoms with van der Waals surface area (Å²) in [6.07, 6.45) is 3.29. The Hall–Kier alpha value is -1.44. The Bertz CT molecular complexity index is 250. The monoisotopic (exact) mass is 146 g/mol. The van der Waals surface area contributed by atoms with E-state index in [9.17, 15) is 0 Å². The zero-order valence-corrected chi connectivity index (χ0v) is 6.44. The van der Waals surface area contributed by atoms with Gasteiger partial charge in [0.15, 0.2) is 0 Å². The van der Waals surface area contributed by atoms with Gasteiger partial charge in [0.25, 0.3) is 0 Å². The van der Waals surface area contributed by atoms with Crippen LogP contribution in [0.25, 0.3) is 0 Å². The van der Waals surface area contributed by atoms with Gasteiger partial charge in [0, 0.05) is 13.3 Å². The molecule has 0 radical (unpaired) electrons. The van der Waals surface area contributed by atoms with Crippen molar-refractivity contribution in [3.8, 4) is 0 Å². The minimum absolute atomic E-state index is 1.09. The molecular weight excluding hydrogens is 136 g/mol. The molecule has 0 amide bonds. The SMILES string of the molecule is CN=CN=Cc1ccccc1. The summed E-state index contributed by atoms with van der Waals surface area (Å²) < 4.78 is 0. The summed E-state index contributed by atoms with van der Waals surface area (Å²) in [5.41, 5.74) is 1.09. The topological polar surface area (TPSA) is 24.7 Å². The van der Waals surface area contributed by atoms with Crippen LogP contribution in [0.2, 0.25) is 0 Å². The van der Waals surface area contributed by atoms with E-state index in [0.717, 1.165) is 5.56 Å². The fraction of sp³-hybridized carbons (Fsp3) is 0.111. The molecule has 0 bridgehead atoms. The van der Waals surface area contributed by atoms with Crippen molar-refractivity contribution in [3.05, 3.63) is 35.9 Å². The Kier molecular flexibility index (Phi) is 3.06. The first-order chi connectivity index (χ1) is 5.43. The quantitative estimate of drug-likeness (QED) is 0.448. The predicted molar refractivity (Wildman–Crippen MR) is 48.5 cm³/mol. The molecule has 0 saturated carbocycles. The van der Waals surface area contributed by atoms with Crippen molar-refractivity contribution in [1.29, 1.82) is 0 Å². The standard InChI is InChI=1S/C9H10N2/c1-10-8-11-7-9-5-3-2-4-6-9/h2-8H,1H3. The lowest BCUT2D eigenvalue weighted by atomic mass is 10.2. The van der Waals surface area contributed by atoms with E-state index in [2.05, 4.69) is 9.98 Å². The predicted octanol–water partition coefficient (Wildman–Crippen LogP) is 1.76. The number of hydrogen-bond acceptors (Lipinski definition) is 1. The Labute approximate surface area is 66.3 Å². The molecule has 0 spiro atoms. The second-order valence-corrected chi connectivity index (χ2v) is 2.06. The molecule has 2 nitrogen and oxygen atoms in total. The molecule has 0 aromatic heterocycles. The lowest BCUT2D eigenvalue weighted by Crippen LogP contribution is -1.78. The van der Waals surface area contributed by atoms with Gasteiger partial charge in [-0.15, -0.1) is 0 Å². The van der Waals surface area contributed by atoms with Crippen LogP contribution in [0.4, 0.5) is 0 Å². The Morgan fingerprint density at radius 2 is 1.91 bits per heavy atom. The normalized spacial score (nSPS) is 11.4. The van der Waals surface area contributed by atoms with Crippen LogP contribution < -0.4 is 0 Å². The van der Waals surface area contributed by atoms with Crippen LogP contribution in [0.3, 0.4) is 0 Å². The third-order valence-electron chi connectivity index (χ3n) is 1.21. The van der Waals surface area contributed by atoms with Crippen molar-refractivity contribution in [3.63, 3.8) is 0 Å². The van der Waals surface area contributed by atoms with Gasteiger partial charge >= 0.3 is 0 Å². The maximum atomic E-state index is 3.94. The van der Waals surface area contributed by atoms with Gasteiger partial charge in [0.1, 0.15) is 6.34 Å². The summed E-state index contributed by atoms with van der Waals surface area (Å²) in [5.74, 6) is 0. The Morgan fingerprint density at radius 3 is 2.55 bits per heavy atom. The molecule has 11 heavy (non-hydrogen) atoms. The molecule has 1 aromatic rings. The fourth-order valence-corrected chi connectivity index (χ4v) is 0.725. The van der Waals surface area contributed by atoms with E-state index in [1.807, 2.05) is 30.3 Å². The second kappa shape index (κ2) is 4.39. The molecule has 0 heterocycles. The molecule has 1 aromatic carbocycles. The molecular formula is C9H10N2. The highest BCUT2D eigenvalue weighted by Gasteiger charge is 1.79. The third kappa shape index (κ3) is 2.76. The maximum Gasteiger partial charge on any atom is 0.109 e. The first-order valence-corrected chi connectivity index (χ1v) is 3.42. The van der Waals surface area contributed by atoms with Crippen molar-refractivity contribution >= 4 is 12.6 Å². The van der Waals surface area contributed by atoms with Crippen LogP contribution in [-0.2, 0) is 0 Å². The maximum absolute atomic E-state index is 3.94. The molecule has 0 aliphatic heterocycles. The van der Waals surface area contributed by atoms with Crippen LogP contribution in [0.15, 0.2) is 40.3 Å². The average molecular weight is 146 g/mol. The molecule has 0 N–H and O–H groups in total. The Balaban J connectivity index is 2.64. The second-order valence-electron chi connectivity index (χ2n) is 2.06. The molecule has 1 rings (SSSR count). The molecule has 0 unspecified atom stereocenters. The number of hydrogen-bond donors (Lipinski definition) is 0. The highest BCUT2D eigenvalue weighted by atomic mass is 14.8. The molecule has 0 aliphatic carbocycles. The number of benzene rings is 1.